The minimum absolute atomic E-state index is 0.254. The molecule has 0 aliphatic carbocycles. The molecule has 0 atom stereocenters. The van der Waals surface area contributed by atoms with Gasteiger partial charge in [0.15, 0.2) is 17.8 Å². The lowest BCUT2D eigenvalue weighted by Gasteiger charge is -2.24. The maximum absolute atomic E-state index is 6.94. The number of aromatic nitrogens is 4. The van der Waals surface area contributed by atoms with E-state index in [0.717, 1.165) is 49.6 Å². The fourth-order valence-corrected chi connectivity index (χ4v) is 3.50. The van der Waals surface area contributed by atoms with Gasteiger partial charge in [-0.25, -0.2) is 4.98 Å². The molecule has 1 aromatic carbocycles. The second-order valence-corrected chi connectivity index (χ2v) is 7.19. The molecule has 3 heterocycles. The minimum Gasteiger partial charge on any atom is -0.496 e. The third-order valence-corrected chi connectivity index (χ3v) is 5.15. The van der Waals surface area contributed by atoms with Gasteiger partial charge in [-0.3, -0.25) is 5.10 Å². The molecular formula is C21H24N8O. The van der Waals surface area contributed by atoms with E-state index in [1.807, 2.05) is 6.07 Å². The van der Waals surface area contributed by atoms with Gasteiger partial charge < -0.3 is 24.7 Å². The number of nitrogens with zero attached hydrogens (tertiary/aromatic N) is 6. The molecule has 0 bridgehead atoms. The molecule has 1 saturated heterocycles. The Morgan fingerprint density at radius 2 is 2.00 bits per heavy atom. The monoisotopic (exact) mass is 404 g/mol. The molecule has 154 valence electrons. The Morgan fingerprint density at radius 3 is 2.77 bits per heavy atom. The Kier molecular flexibility index (Phi) is 5.77. The molecule has 1 aliphatic heterocycles. The van der Waals surface area contributed by atoms with Crippen molar-refractivity contribution in [2.45, 2.75) is 6.42 Å². The summed E-state index contributed by atoms with van der Waals surface area (Å²) in [4.78, 5) is 16.2. The van der Waals surface area contributed by atoms with Crippen LogP contribution in [0.5, 0.6) is 5.75 Å². The van der Waals surface area contributed by atoms with Gasteiger partial charge in [0.05, 0.1) is 19.0 Å². The van der Waals surface area contributed by atoms with Gasteiger partial charge in [-0.1, -0.05) is 6.57 Å². The maximum Gasteiger partial charge on any atom is 0.288 e. The van der Waals surface area contributed by atoms with Crippen molar-refractivity contribution < 1.29 is 4.74 Å². The number of hydrogen-bond acceptors (Lipinski definition) is 7. The van der Waals surface area contributed by atoms with Gasteiger partial charge in [-0.15, -0.1) is 4.98 Å². The van der Waals surface area contributed by atoms with Gasteiger partial charge in [0.2, 0.25) is 0 Å². The molecule has 3 aromatic rings. The molecule has 0 amide bonds. The van der Waals surface area contributed by atoms with Crippen molar-refractivity contribution >= 4 is 23.1 Å². The maximum atomic E-state index is 6.94. The van der Waals surface area contributed by atoms with Crippen LogP contribution in [0.15, 0.2) is 36.7 Å². The topological polar surface area (TPSA) is 86.6 Å². The molecule has 0 radical (unpaired) electrons. The number of likely N-dealkylation sites (N-methyl/N-ethyl adjacent to an activating group) is 1. The fraction of sp³-hybridized carbons (Fsp3) is 0.333. The van der Waals surface area contributed by atoms with Crippen molar-refractivity contribution in [1.29, 1.82) is 0 Å². The second kappa shape index (κ2) is 8.80. The second-order valence-electron chi connectivity index (χ2n) is 7.19. The van der Waals surface area contributed by atoms with Crippen LogP contribution >= 0.6 is 0 Å². The van der Waals surface area contributed by atoms with E-state index in [0.29, 0.717) is 11.6 Å². The molecule has 2 aromatic heterocycles. The summed E-state index contributed by atoms with van der Waals surface area (Å²) >= 11 is 0. The zero-order chi connectivity index (χ0) is 20.9. The van der Waals surface area contributed by atoms with Gasteiger partial charge in [-0.05, 0) is 32.1 Å². The van der Waals surface area contributed by atoms with Crippen LogP contribution in [0.25, 0.3) is 16.1 Å². The van der Waals surface area contributed by atoms with Crippen molar-refractivity contribution in [2.75, 3.05) is 50.6 Å². The molecule has 1 aliphatic rings. The molecule has 0 spiro atoms. The largest absolute Gasteiger partial charge is 0.496 e. The molecule has 9 heteroatoms. The number of H-pyrrole nitrogens is 1. The lowest BCUT2D eigenvalue weighted by atomic mass is 10.1. The number of rotatable bonds is 5. The number of anilines is 3. The van der Waals surface area contributed by atoms with Crippen LogP contribution in [0.1, 0.15) is 6.42 Å². The zero-order valence-corrected chi connectivity index (χ0v) is 17.1. The summed E-state index contributed by atoms with van der Waals surface area (Å²) in [7, 11) is 3.85. The molecule has 1 fully saturated rings. The van der Waals surface area contributed by atoms with E-state index in [4.69, 9.17) is 11.3 Å². The number of ether oxygens (including phenoxy) is 1. The van der Waals surface area contributed by atoms with Crippen LogP contribution in [0.3, 0.4) is 0 Å². The zero-order valence-electron chi connectivity index (χ0n) is 17.1. The molecule has 9 nitrogen and oxygen atoms in total. The summed E-state index contributed by atoms with van der Waals surface area (Å²) in [6, 6.07) is 8.17. The van der Waals surface area contributed by atoms with Crippen molar-refractivity contribution in [3.8, 4) is 17.0 Å². The van der Waals surface area contributed by atoms with Crippen LogP contribution in [-0.4, -0.2) is 65.4 Å². The van der Waals surface area contributed by atoms with Crippen LogP contribution < -0.4 is 15.0 Å². The van der Waals surface area contributed by atoms with E-state index in [1.54, 1.807) is 7.11 Å². The highest BCUT2D eigenvalue weighted by molar-refractivity contribution is 5.73. The van der Waals surface area contributed by atoms with Crippen molar-refractivity contribution in [3.05, 3.63) is 48.1 Å². The number of benzene rings is 1. The fourth-order valence-electron chi connectivity index (χ4n) is 3.50. The Bertz CT molecular complexity index is 1040. The SMILES string of the molecule is [C-]#[N+]c1cnc(Nc2cc(-c3ccc(N4CCCN(C)CC4)cc3OC)[nH]n2)cn1. The van der Waals surface area contributed by atoms with Gasteiger partial charge in [0.25, 0.3) is 5.82 Å². The van der Waals surface area contributed by atoms with E-state index in [9.17, 15) is 0 Å². The molecular weight excluding hydrogens is 380 g/mol. The molecule has 0 unspecified atom stereocenters. The first-order valence-corrected chi connectivity index (χ1v) is 9.80. The lowest BCUT2D eigenvalue weighted by Crippen LogP contribution is -2.28. The average Bonchev–Trinajstić information content (AvgIpc) is 3.13. The number of aromatic amines is 1. The van der Waals surface area contributed by atoms with Crippen molar-refractivity contribution in [1.82, 2.24) is 25.1 Å². The lowest BCUT2D eigenvalue weighted by molar-refractivity contribution is 0.360. The van der Waals surface area contributed by atoms with Gasteiger partial charge in [0.1, 0.15) is 5.75 Å². The Labute approximate surface area is 175 Å². The highest BCUT2D eigenvalue weighted by Crippen LogP contribution is 2.34. The Hall–Kier alpha value is -3.64. The Morgan fingerprint density at radius 1 is 1.10 bits per heavy atom. The van der Waals surface area contributed by atoms with E-state index in [2.05, 4.69) is 65.4 Å². The van der Waals surface area contributed by atoms with Crippen LogP contribution in [0, 0.1) is 6.57 Å². The average molecular weight is 404 g/mol. The van der Waals surface area contributed by atoms with E-state index in [1.165, 1.54) is 18.1 Å². The summed E-state index contributed by atoms with van der Waals surface area (Å²) in [5.74, 6) is 2.18. The minimum atomic E-state index is 0.254. The highest BCUT2D eigenvalue weighted by atomic mass is 16.5. The highest BCUT2D eigenvalue weighted by Gasteiger charge is 2.16. The third kappa shape index (κ3) is 4.34. The summed E-state index contributed by atoms with van der Waals surface area (Å²) in [5, 5.41) is 10.4. The summed E-state index contributed by atoms with van der Waals surface area (Å²) in [6.45, 7) is 11.2. The number of nitrogens with one attached hydrogen (secondary N) is 2. The smallest absolute Gasteiger partial charge is 0.288 e. The van der Waals surface area contributed by atoms with Crippen LogP contribution in [-0.2, 0) is 0 Å². The quantitative estimate of drug-likeness (QED) is 0.631. The van der Waals surface area contributed by atoms with E-state index in [-0.39, 0.29) is 5.82 Å². The predicted octanol–water partition coefficient (Wildman–Crippen LogP) is 3.31. The van der Waals surface area contributed by atoms with Gasteiger partial charge in [-0.2, -0.15) is 5.10 Å². The molecule has 30 heavy (non-hydrogen) atoms. The molecule has 2 N–H and O–H groups in total. The van der Waals surface area contributed by atoms with Crippen molar-refractivity contribution in [3.63, 3.8) is 0 Å². The molecule has 0 saturated carbocycles. The first-order valence-electron chi connectivity index (χ1n) is 9.80. The van der Waals surface area contributed by atoms with Gasteiger partial charge in [0, 0.05) is 43.0 Å². The van der Waals surface area contributed by atoms with E-state index < -0.39 is 0 Å². The number of hydrogen-bond donors (Lipinski definition) is 2. The first kappa shape index (κ1) is 19.7. The van der Waals surface area contributed by atoms with Crippen LogP contribution in [0.4, 0.5) is 23.1 Å². The normalized spacial score (nSPS) is 14.8. The van der Waals surface area contributed by atoms with Crippen molar-refractivity contribution in [2.24, 2.45) is 0 Å². The van der Waals surface area contributed by atoms with Gasteiger partial charge >= 0.3 is 0 Å². The third-order valence-electron chi connectivity index (χ3n) is 5.15. The summed E-state index contributed by atoms with van der Waals surface area (Å²) in [6.07, 6.45) is 4.08. The first-order chi connectivity index (χ1) is 14.7. The van der Waals surface area contributed by atoms with Crippen LogP contribution in [0.2, 0.25) is 0 Å². The van der Waals surface area contributed by atoms with E-state index >= 15 is 0 Å². The summed E-state index contributed by atoms with van der Waals surface area (Å²) < 4.78 is 5.68. The number of methoxy groups -OCH3 is 1. The summed E-state index contributed by atoms with van der Waals surface area (Å²) in [5.41, 5.74) is 2.93. The predicted molar refractivity (Wildman–Crippen MR) is 116 cm³/mol. The molecule has 4 rings (SSSR count). The Balaban J connectivity index is 1.53. The standard InChI is InChI=1S/C21H24N8O/c1-22-20-13-24-21(14-23-20)25-19-12-17(26-27-19)16-6-5-15(11-18(16)30-3)29-8-4-7-28(2)9-10-29/h5-6,11-14H,4,7-10H2,2-3H3,(H2,24,25,26,27).